The molecular weight excluding hydrogens is 315 g/mol. The summed E-state index contributed by atoms with van der Waals surface area (Å²) in [7, 11) is 0. The van der Waals surface area contributed by atoms with Gasteiger partial charge in [0.25, 0.3) is 0 Å². The van der Waals surface area contributed by atoms with Gasteiger partial charge in [-0.15, -0.1) is 0 Å². The Morgan fingerprint density at radius 3 is 2.14 bits per heavy atom. The van der Waals surface area contributed by atoms with Crippen molar-refractivity contribution in [1.82, 2.24) is 5.32 Å². The highest BCUT2D eigenvalue weighted by Gasteiger charge is 2.19. The maximum absolute atomic E-state index is 13.6. The van der Waals surface area contributed by atoms with E-state index >= 15 is 0 Å². The maximum atomic E-state index is 13.6. The topological polar surface area (TPSA) is 12.0 Å². The predicted molar refractivity (Wildman–Crippen MR) is 82.8 cm³/mol. The van der Waals surface area contributed by atoms with E-state index in [-0.39, 0.29) is 22.9 Å². The number of hydrogen-bond acceptors (Lipinski definition) is 1. The van der Waals surface area contributed by atoms with Crippen molar-refractivity contribution in [2.75, 3.05) is 0 Å². The van der Waals surface area contributed by atoms with E-state index in [4.69, 9.17) is 23.2 Å². The zero-order valence-electron chi connectivity index (χ0n) is 11.6. The molecule has 2 aromatic carbocycles. The van der Waals surface area contributed by atoms with E-state index in [1.807, 2.05) is 13.8 Å². The van der Waals surface area contributed by atoms with Gasteiger partial charge in [-0.05, 0) is 43.7 Å². The summed E-state index contributed by atoms with van der Waals surface area (Å²) < 4.78 is 26.5. The fourth-order valence-electron chi connectivity index (χ4n) is 2.25. The van der Waals surface area contributed by atoms with E-state index in [0.717, 1.165) is 5.56 Å². The van der Waals surface area contributed by atoms with Crippen LogP contribution < -0.4 is 5.32 Å². The Balaban J connectivity index is 2.20. The molecule has 112 valence electrons. The summed E-state index contributed by atoms with van der Waals surface area (Å²) in [4.78, 5) is 0. The Morgan fingerprint density at radius 2 is 1.52 bits per heavy atom. The first-order chi connectivity index (χ1) is 9.90. The minimum atomic E-state index is -0.501. The van der Waals surface area contributed by atoms with Gasteiger partial charge < -0.3 is 5.32 Å². The van der Waals surface area contributed by atoms with Gasteiger partial charge in [-0.3, -0.25) is 0 Å². The lowest BCUT2D eigenvalue weighted by Crippen LogP contribution is -2.23. The lowest BCUT2D eigenvalue weighted by Gasteiger charge is -2.22. The fraction of sp³-hybridized carbons (Fsp3) is 0.250. The first-order valence-electron chi connectivity index (χ1n) is 6.55. The van der Waals surface area contributed by atoms with Crippen molar-refractivity contribution in [3.63, 3.8) is 0 Å². The Bertz CT molecular complexity index is 629. The summed E-state index contributed by atoms with van der Waals surface area (Å²) in [6, 6.07) is 8.63. The third-order valence-corrected chi connectivity index (χ3v) is 4.10. The summed E-state index contributed by atoms with van der Waals surface area (Å²) in [6.07, 6.45) is 0. The first-order valence-corrected chi connectivity index (χ1v) is 7.30. The number of nitrogens with one attached hydrogen (secondary N) is 1. The SMILES string of the molecule is CC(NC(C)c1c(Cl)ccc(F)c1Cl)c1ccc(F)cc1. The quantitative estimate of drug-likeness (QED) is 0.711. The molecule has 0 aliphatic carbocycles. The van der Waals surface area contributed by atoms with E-state index in [1.54, 1.807) is 12.1 Å². The average molecular weight is 330 g/mol. The summed E-state index contributed by atoms with van der Waals surface area (Å²) in [5.74, 6) is -0.783. The van der Waals surface area contributed by atoms with Gasteiger partial charge in [0.2, 0.25) is 0 Å². The second kappa shape index (κ2) is 6.73. The molecule has 0 heterocycles. The molecule has 2 atom stereocenters. The van der Waals surface area contributed by atoms with Gasteiger partial charge in [0, 0.05) is 22.7 Å². The third-order valence-electron chi connectivity index (χ3n) is 3.38. The van der Waals surface area contributed by atoms with Crippen LogP contribution in [-0.4, -0.2) is 0 Å². The molecule has 5 heteroatoms. The molecule has 0 radical (unpaired) electrons. The van der Waals surface area contributed by atoms with E-state index in [9.17, 15) is 8.78 Å². The largest absolute Gasteiger partial charge is 0.304 e. The summed E-state index contributed by atoms with van der Waals surface area (Å²) >= 11 is 12.1. The molecule has 0 aromatic heterocycles. The minimum Gasteiger partial charge on any atom is -0.304 e. The number of rotatable bonds is 4. The highest BCUT2D eigenvalue weighted by molar-refractivity contribution is 6.36. The first kappa shape index (κ1) is 16.2. The molecule has 0 spiro atoms. The fourth-order valence-corrected chi connectivity index (χ4v) is 2.94. The van der Waals surface area contributed by atoms with Crippen molar-refractivity contribution in [2.24, 2.45) is 0 Å². The van der Waals surface area contributed by atoms with Crippen LogP contribution in [0.15, 0.2) is 36.4 Å². The van der Waals surface area contributed by atoms with E-state index in [1.165, 1.54) is 24.3 Å². The number of halogens is 4. The molecular formula is C16H15Cl2F2N. The van der Waals surface area contributed by atoms with E-state index in [0.29, 0.717) is 10.6 Å². The highest BCUT2D eigenvalue weighted by Crippen LogP contribution is 2.33. The van der Waals surface area contributed by atoms with E-state index < -0.39 is 5.82 Å². The minimum absolute atomic E-state index is 0.0220. The molecule has 21 heavy (non-hydrogen) atoms. The normalized spacial score (nSPS) is 14.0. The van der Waals surface area contributed by atoms with Gasteiger partial charge >= 0.3 is 0 Å². The molecule has 0 saturated carbocycles. The van der Waals surface area contributed by atoms with Crippen molar-refractivity contribution in [2.45, 2.75) is 25.9 Å². The number of benzene rings is 2. The molecule has 0 saturated heterocycles. The summed E-state index contributed by atoms with van der Waals surface area (Å²) in [6.45, 7) is 3.79. The van der Waals surface area contributed by atoms with Crippen molar-refractivity contribution in [3.8, 4) is 0 Å². The molecule has 0 amide bonds. The van der Waals surface area contributed by atoms with Gasteiger partial charge in [-0.25, -0.2) is 8.78 Å². The summed E-state index contributed by atoms with van der Waals surface area (Å²) in [5, 5.41) is 3.71. The van der Waals surface area contributed by atoms with Crippen LogP contribution in [-0.2, 0) is 0 Å². The van der Waals surface area contributed by atoms with Crippen molar-refractivity contribution in [3.05, 3.63) is 69.2 Å². The molecule has 0 aliphatic rings. The molecule has 0 bridgehead atoms. The Hall–Kier alpha value is -1.16. The Labute approximate surface area is 132 Å². The van der Waals surface area contributed by atoms with E-state index in [2.05, 4.69) is 5.32 Å². The van der Waals surface area contributed by atoms with Gasteiger partial charge in [-0.1, -0.05) is 35.3 Å². The average Bonchev–Trinajstić information content (AvgIpc) is 2.44. The van der Waals surface area contributed by atoms with Crippen LogP contribution in [0.3, 0.4) is 0 Å². The third kappa shape index (κ3) is 3.73. The second-order valence-corrected chi connectivity index (χ2v) is 5.70. The van der Waals surface area contributed by atoms with Crippen LogP contribution >= 0.6 is 23.2 Å². The Kier molecular flexibility index (Phi) is 5.20. The maximum Gasteiger partial charge on any atom is 0.142 e. The van der Waals surface area contributed by atoms with Crippen LogP contribution in [0, 0.1) is 11.6 Å². The van der Waals surface area contributed by atoms with Crippen LogP contribution in [0.2, 0.25) is 10.0 Å². The molecule has 0 aliphatic heterocycles. The van der Waals surface area contributed by atoms with Crippen molar-refractivity contribution in [1.29, 1.82) is 0 Å². The van der Waals surface area contributed by atoms with Crippen molar-refractivity contribution >= 4 is 23.2 Å². The zero-order chi connectivity index (χ0) is 15.6. The second-order valence-electron chi connectivity index (χ2n) is 4.92. The van der Waals surface area contributed by atoms with Gasteiger partial charge in [0.1, 0.15) is 11.6 Å². The van der Waals surface area contributed by atoms with Crippen LogP contribution in [0.25, 0.3) is 0 Å². The molecule has 1 nitrogen and oxygen atoms in total. The number of hydrogen-bond donors (Lipinski definition) is 1. The molecule has 1 N–H and O–H groups in total. The van der Waals surface area contributed by atoms with Gasteiger partial charge in [0.05, 0.1) is 5.02 Å². The highest BCUT2D eigenvalue weighted by atomic mass is 35.5. The standard InChI is InChI=1S/C16H15Cl2F2N/c1-9(11-3-5-12(19)6-4-11)21-10(2)15-13(17)7-8-14(20)16(15)18/h3-10,21H,1-2H3. The monoisotopic (exact) mass is 329 g/mol. The lowest BCUT2D eigenvalue weighted by atomic mass is 10.0. The van der Waals surface area contributed by atoms with Gasteiger partial charge in [-0.2, -0.15) is 0 Å². The predicted octanol–water partition coefficient (Wildman–Crippen LogP) is 5.68. The van der Waals surface area contributed by atoms with Crippen LogP contribution in [0.1, 0.15) is 37.1 Å². The van der Waals surface area contributed by atoms with Crippen LogP contribution in [0.5, 0.6) is 0 Å². The molecule has 0 fully saturated rings. The van der Waals surface area contributed by atoms with Crippen molar-refractivity contribution < 1.29 is 8.78 Å². The summed E-state index contributed by atoms with van der Waals surface area (Å²) in [5.41, 5.74) is 1.44. The van der Waals surface area contributed by atoms with Gasteiger partial charge in [0.15, 0.2) is 0 Å². The zero-order valence-corrected chi connectivity index (χ0v) is 13.1. The lowest BCUT2D eigenvalue weighted by molar-refractivity contribution is 0.491. The Morgan fingerprint density at radius 1 is 0.905 bits per heavy atom. The molecule has 2 unspecified atom stereocenters. The molecule has 2 rings (SSSR count). The van der Waals surface area contributed by atoms with Crippen LogP contribution in [0.4, 0.5) is 8.78 Å². The smallest absolute Gasteiger partial charge is 0.142 e. The molecule has 2 aromatic rings.